The number of likely N-dealkylation sites (N-methyl/N-ethyl adjacent to an activating group) is 1. The number of anilines is 1. The Morgan fingerprint density at radius 3 is 2.88 bits per heavy atom. The molecule has 0 bridgehead atoms. The van der Waals surface area contributed by atoms with Crippen LogP contribution < -0.4 is 10.2 Å². The number of rotatable bonds is 3. The largest absolute Gasteiger partial charge is 0.375 e. The van der Waals surface area contributed by atoms with Crippen LogP contribution in [0.25, 0.3) is 0 Å². The Morgan fingerprint density at radius 1 is 1.41 bits per heavy atom. The molecule has 92 valence electrons. The minimum Gasteiger partial charge on any atom is -0.375 e. The van der Waals surface area contributed by atoms with Gasteiger partial charge in [0, 0.05) is 45.9 Å². The fraction of sp³-hybridized carbons (Fsp3) is 0.571. The molecule has 0 atom stereocenters. The summed E-state index contributed by atoms with van der Waals surface area (Å²) in [5.41, 5.74) is 4.33. The first kappa shape index (κ1) is 11.1. The van der Waals surface area contributed by atoms with Gasteiger partial charge in [0.1, 0.15) is 0 Å². The number of fused-ring (bicyclic) bond motifs is 1. The highest BCUT2D eigenvalue weighted by molar-refractivity contribution is 5.58. The Bertz CT molecular complexity index is 421. The van der Waals surface area contributed by atoms with Crippen molar-refractivity contribution in [3.63, 3.8) is 0 Å². The molecule has 0 saturated carbocycles. The van der Waals surface area contributed by atoms with Crippen molar-refractivity contribution < 1.29 is 4.74 Å². The van der Waals surface area contributed by atoms with Gasteiger partial charge in [-0.05, 0) is 23.6 Å². The van der Waals surface area contributed by atoms with Crippen LogP contribution in [0.5, 0.6) is 0 Å². The summed E-state index contributed by atoms with van der Waals surface area (Å²) >= 11 is 0. The summed E-state index contributed by atoms with van der Waals surface area (Å²) in [7, 11) is 3.99. The third-order valence-electron chi connectivity index (χ3n) is 4.13. The second-order valence-electron chi connectivity index (χ2n) is 5.30. The molecule has 1 aromatic rings. The molecule has 0 amide bonds. The molecule has 3 heteroatoms. The van der Waals surface area contributed by atoms with Crippen LogP contribution in [0.3, 0.4) is 0 Å². The third-order valence-corrected chi connectivity index (χ3v) is 4.13. The van der Waals surface area contributed by atoms with Gasteiger partial charge in [0.05, 0.1) is 5.60 Å². The van der Waals surface area contributed by atoms with Crippen molar-refractivity contribution in [3.8, 4) is 0 Å². The highest BCUT2D eigenvalue weighted by Crippen LogP contribution is 2.29. The molecule has 0 unspecified atom stereocenters. The minimum atomic E-state index is 0.0404. The number of nitrogens with one attached hydrogen (secondary N) is 1. The standard InChI is InChI=1S/C14H20N2O/c1-16-6-5-12-7-11(3-4-13(12)16)8-14(17-2)9-15-10-14/h3-4,7,15H,5-6,8-10H2,1-2H3. The van der Waals surface area contributed by atoms with Gasteiger partial charge in [-0.2, -0.15) is 0 Å². The van der Waals surface area contributed by atoms with Crippen molar-refractivity contribution >= 4 is 5.69 Å². The molecule has 0 radical (unpaired) electrons. The van der Waals surface area contributed by atoms with Gasteiger partial charge in [-0.3, -0.25) is 0 Å². The van der Waals surface area contributed by atoms with E-state index in [-0.39, 0.29) is 5.60 Å². The Morgan fingerprint density at radius 2 is 2.24 bits per heavy atom. The average molecular weight is 232 g/mol. The quantitative estimate of drug-likeness (QED) is 0.848. The second-order valence-corrected chi connectivity index (χ2v) is 5.30. The summed E-state index contributed by atoms with van der Waals surface area (Å²) in [5.74, 6) is 0. The van der Waals surface area contributed by atoms with Crippen molar-refractivity contribution in [2.24, 2.45) is 0 Å². The van der Waals surface area contributed by atoms with Crippen LogP contribution >= 0.6 is 0 Å². The van der Waals surface area contributed by atoms with Crippen molar-refractivity contribution in [3.05, 3.63) is 29.3 Å². The fourth-order valence-electron chi connectivity index (χ4n) is 2.85. The first-order chi connectivity index (χ1) is 8.22. The number of methoxy groups -OCH3 is 1. The Balaban J connectivity index is 1.81. The van der Waals surface area contributed by atoms with Crippen LogP contribution in [0.15, 0.2) is 18.2 Å². The number of nitrogens with zero attached hydrogens (tertiary/aromatic N) is 1. The molecule has 1 fully saturated rings. The lowest BCUT2D eigenvalue weighted by Gasteiger charge is -2.41. The predicted molar refractivity (Wildman–Crippen MR) is 69.7 cm³/mol. The predicted octanol–water partition coefficient (Wildman–Crippen LogP) is 1.21. The zero-order chi connectivity index (χ0) is 11.9. The molecule has 0 aromatic heterocycles. The maximum Gasteiger partial charge on any atom is 0.0966 e. The van der Waals surface area contributed by atoms with E-state index < -0.39 is 0 Å². The summed E-state index contributed by atoms with van der Waals surface area (Å²) in [5, 5.41) is 3.30. The zero-order valence-electron chi connectivity index (χ0n) is 10.6. The van der Waals surface area contributed by atoms with Gasteiger partial charge in [0.15, 0.2) is 0 Å². The number of hydrogen-bond acceptors (Lipinski definition) is 3. The van der Waals surface area contributed by atoms with Crippen LogP contribution in [0.2, 0.25) is 0 Å². The molecule has 1 N–H and O–H groups in total. The van der Waals surface area contributed by atoms with E-state index in [0.29, 0.717) is 0 Å². The Labute approximate surface area is 103 Å². The van der Waals surface area contributed by atoms with E-state index in [1.807, 2.05) is 7.11 Å². The van der Waals surface area contributed by atoms with Crippen LogP contribution in [0.4, 0.5) is 5.69 Å². The average Bonchev–Trinajstić information content (AvgIpc) is 2.65. The van der Waals surface area contributed by atoms with E-state index in [9.17, 15) is 0 Å². The lowest BCUT2D eigenvalue weighted by molar-refractivity contribution is -0.0502. The molecule has 0 spiro atoms. The highest BCUT2D eigenvalue weighted by atomic mass is 16.5. The van der Waals surface area contributed by atoms with Gasteiger partial charge >= 0.3 is 0 Å². The van der Waals surface area contributed by atoms with Gasteiger partial charge in [0.2, 0.25) is 0 Å². The van der Waals surface area contributed by atoms with E-state index in [2.05, 4.69) is 35.5 Å². The molecule has 1 aromatic carbocycles. The number of hydrogen-bond donors (Lipinski definition) is 1. The van der Waals surface area contributed by atoms with E-state index >= 15 is 0 Å². The molecule has 3 rings (SSSR count). The Hall–Kier alpha value is -1.06. The van der Waals surface area contributed by atoms with E-state index in [1.165, 1.54) is 23.2 Å². The molecule has 1 saturated heterocycles. The number of benzene rings is 1. The van der Waals surface area contributed by atoms with Crippen LogP contribution in [0.1, 0.15) is 11.1 Å². The van der Waals surface area contributed by atoms with E-state index in [0.717, 1.165) is 26.1 Å². The molecule has 2 aliphatic rings. The maximum absolute atomic E-state index is 5.65. The highest BCUT2D eigenvalue weighted by Gasteiger charge is 2.37. The van der Waals surface area contributed by atoms with Gasteiger partial charge in [-0.15, -0.1) is 0 Å². The third kappa shape index (κ3) is 1.83. The first-order valence-electron chi connectivity index (χ1n) is 6.31. The van der Waals surface area contributed by atoms with Crippen molar-refractivity contribution in [2.45, 2.75) is 18.4 Å². The summed E-state index contributed by atoms with van der Waals surface area (Å²) < 4.78 is 5.65. The summed E-state index contributed by atoms with van der Waals surface area (Å²) in [6, 6.07) is 6.87. The van der Waals surface area contributed by atoms with Gasteiger partial charge in [-0.25, -0.2) is 0 Å². The Kier molecular flexibility index (Phi) is 2.60. The molecule has 2 aliphatic heterocycles. The lowest BCUT2D eigenvalue weighted by atomic mass is 9.88. The number of ether oxygens (including phenoxy) is 1. The molecule has 17 heavy (non-hydrogen) atoms. The zero-order valence-corrected chi connectivity index (χ0v) is 10.6. The van der Waals surface area contributed by atoms with Crippen LogP contribution in [-0.2, 0) is 17.6 Å². The molecule has 0 aliphatic carbocycles. The lowest BCUT2D eigenvalue weighted by Crippen LogP contribution is -2.61. The van der Waals surface area contributed by atoms with Crippen molar-refractivity contribution in [1.29, 1.82) is 0 Å². The van der Waals surface area contributed by atoms with Gasteiger partial charge < -0.3 is 15.0 Å². The maximum atomic E-state index is 5.65. The van der Waals surface area contributed by atoms with Crippen LogP contribution in [-0.4, -0.2) is 39.4 Å². The summed E-state index contributed by atoms with van der Waals surface area (Å²) in [6.07, 6.45) is 2.20. The smallest absolute Gasteiger partial charge is 0.0966 e. The second kappa shape index (κ2) is 4.00. The topological polar surface area (TPSA) is 24.5 Å². The van der Waals surface area contributed by atoms with E-state index in [4.69, 9.17) is 4.74 Å². The van der Waals surface area contributed by atoms with Crippen molar-refractivity contribution in [1.82, 2.24) is 5.32 Å². The summed E-state index contributed by atoms with van der Waals surface area (Å²) in [4.78, 5) is 2.33. The molecular weight excluding hydrogens is 212 g/mol. The summed E-state index contributed by atoms with van der Waals surface area (Å²) in [6.45, 7) is 3.09. The monoisotopic (exact) mass is 232 g/mol. The van der Waals surface area contributed by atoms with E-state index in [1.54, 1.807) is 0 Å². The van der Waals surface area contributed by atoms with Gasteiger partial charge in [0.25, 0.3) is 0 Å². The van der Waals surface area contributed by atoms with Crippen LogP contribution in [0, 0.1) is 0 Å². The van der Waals surface area contributed by atoms with Gasteiger partial charge in [-0.1, -0.05) is 12.1 Å². The first-order valence-corrected chi connectivity index (χ1v) is 6.31. The fourth-order valence-corrected chi connectivity index (χ4v) is 2.85. The minimum absolute atomic E-state index is 0.0404. The molecule has 3 nitrogen and oxygen atoms in total. The van der Waals surface area contributed by atoms with Crippen molar-refractivity contribution in [2.75, 3.05) is 38.7 Å². The molecular formula is C14H20N2O. The SMILES string of the molecule is COC1(Cc2ccc3c(c2)CCN3C)CNC1. The normalized spacial score (nSPS) is 21.2. The molecule has 2 heterocycles.